The maximum atomic E-state index is 13.6. The molecule has 0 bridgehead atoms. The number of aliphatic hydroxyl groups is 15. The molecule has 5 aliphatic rings. The Morgan fingerprint density at radius 3 is 1.70 bits per heavy atom. The number of carboxylic acids is 1. The monoisotopic (exact) mass is 1160 g/mol. The molecule has 26 atom stereocenters. The van der Waals surface area contributed by atoms with E-state index in [1.807, 2.05) is 6.08 Å². The number of carbonyl (C=O) groups excluding carboxylic acids is 3. The smallest absolute Gasteiger partial charge is 0.364 e. The van der Waals surface area contributed by atoms with Crippen LogP contribution in [0.1, 0.15) is 71.6 Å². The van der Waals surface area contributed by atoms with E-state index in [4.69, 9.17) is 42.6 Å². The zero-order valence-electron chi connectivity index (χ0n) is 44.1. The summed E-state index contributed by atoms with van der Waals surface area (Å²) in [6.07, 6.45) is -40.5. The molecule has 19 N–H and O–H groups in total. The van der Waals surface area contributed by atoms with Gasteiger partial charge in [-0.3, -0.25) is 14.4 Å². The molecular weight excluding hydrogens is 1080 g/mol. The Morgan fingerprint density at radius 1 is 0.588 bits per heavy atom. The largest absolute Gasteiger partial charge is 0.477 e. The van der Waals surface area contributed by atoms with Gasteiger partial charge < -0.3 is 140 Å². The van der Waals surface area contributed by atoms with Gasteiger partial charge in [-0.15, -0.1) is 6.58 Å². The number of hydrogen-bond acceptors (Lipinski definition) is 28. The van der Waals surface area contributed by atoms with Crippen LogP contribution in [-0.4, -0.2) is 297 Å². The Bertz CT molecular complexity index is 1960. The van der Waals surface area contributed by atoms with E-state index in [0.29, 0.717) is 12.8 Å². The lowest BCUT2D eigenvalue weighted by Crippen LogP contribution is -2.72. The van der Waals surface area contributed by atoms with Crippen LogP contribution in [0.15, 0.2) is 12.7 Å². The normalized spacial score (nSPS) is 41.2. The molecule has 0 saturated carbocycles. The summed E-state index contributed by atoms with van der Waals surface area (Å²) in [4.78, 5) is 51.7. The van der Waals surface area contributed by atoms with Crippen molar-refractivity contribution in [3.63, 3.8) is 0 Å². The van der Waals surface area contributed by atoms with E-state index in [0.717, 1.165) is 46.0 Å². The van der Waals surface area contributed by atoms with Gasteiger partial charge in [-0.2, -0.15) is 0 Å². The Hall–Kier alpha value is -3.34. The van der Waals surface area contributed by atoms with Crippen molar-refractivity contribution in [1.29, 1.82) is 0 Å². The summed E-state index contributed by atoms with van der Waals surface area (Å²) < 4.78 is 53.1. The maximum Gasteiger partial charge on any atom is 0.364 e. The minimum Gasteiger partial charge on any atom is -0.477 e. The van der Waals surface area contributed by atoms with Gasteiger partial charge >= 0.3 is 5.97 Å². The van der Waals surface area contributed by atoms with Crippen molar-refractivity contribution in [1.82, 2.24) is 16.0 Å². The van der Waals surface area contributed by atoms with Crippen molar-refractivity contribution >= 4 is 23.7 Å². The third-order valence-electron chi connectivity index (χ3n) is 14.5. The van der Waals surface area contributed by atoms with Gasteiger partial charge in [0.15, 0.2) is 25.1 Å². The number of allylic oxidation sites excluding steroid dienone is 1. The predicted molar refractivity (Wildman–Crippen MR) is 260 cm³/mol. The minimum atomic E-state index is -3.35. The number of ether oxygens (including phenoxy) is 9. The van der Waals surface area contributed by atoms with Crippen molar-refractivity contribution in [2.45, 2.75) is 231 Å². The molecule has 80 heavy (non-hydrogen) atoms. The average Bonchev–Trinajstić information content (AvgIpc) is 3.62. The molecule has 32 nitrogen and oxygen atoms in total. The van der Waals surface area contributed by atoms with E-state index in [1.54, 1.807) is 0 Å². The van der Waals surface area contributed by atoms with Crippen LogP contribution < -0.4 is 16.0 Å². The van der Waals surface area contributed by atoms with Gasteiger partial charge in [0.2, 0.25) is 17.7 Å². The van der Waals surface area contributed by atoms with E-state index in [9.17, 15) is 101 Å². The van der Waals surface area contributed by atoms with Crippen LogP contribution in [-0.2, 0) is 61.8 Å². The fourth-order valence-electron chi connectivity index (χ4n) is 10.2. The molecule has 0 spiro atoms. The Kier molecular flexibility index (Phi) is 26.1. The molecule has 0 unspecified atom stereocenters. The summed E-state index contributed by atoms with van der Waals surface area (Å²) in [5, 5.41) is 181. The lowest BCUT2D eigenvalue weighted by molar-refractivity contribution is -0.400. The number of nitrogens with one attached hydrogen (secondary N) is 3. The van der Waals surface area contributed by atoms with E-state index >= 15 is 0 Å². The van der Waals surface area contributed by atoms with Crippen molar-refractivity contribution < 1.29 is 144 Å². The molecule has 0 aromatic heterocycles. The number of aliphatic carboxylic acids is 1. The highest BCUT2D eigenvalue weighted by Crippen LogP contribution is 2.41. The molecule has 462 valence electrons. The number of aliphatic hydroxyl groups excluding tert-OH is 15. The van der Waals surface area contributed by atoms with Crippen molar-refractivity contribution in [2.75, 3.05) is 33.0 Å². The molecule has 5 heterocycles. The standard InChI is InChI=1S/C48H81N3O29/c1-4-5-6-7-8-9-10-11-12-27(61)51-43-35(67)34(66)38(25(17-55)72-43)76-46-37(69)42(80-48(47(70)71)13-21(59)28(49-19(2)57)41(79-48)30(62)22(60)14-52)39(26(18-56)75-46)77-44-29(50-20(3)58)40(32(64)24(16-54)73-44)78-45-36(68)33(65)31(63)23(15-53)74-45/h4,21-26,28-46,52-56,59-60,62-69H,1,5-18H2,2-3H3,(H,49,57)(H,50,58)(H,51,61)(H,70,71)/t21-,22-,23+,24+,25+,26+,28+,29+,30+,31-,32-,33-,34+,35+,36+,37+,38+,39-,40+,41+,42+,43+,44-,45-,46-,48-/m0/s1. The van der Waals surface area contributed by atoms with Gasteiger partial charge in [0.1, 0.15) is 116 Å². The first-order chi connectivity index (χ1) is 37.9. The highest BCUT2D eigenvalue weighted by molar-refractivity contribution is 5.77. The van der Waals surface area contributed by atoms with Crippen LogP contribution in [0.4, 0.5) is 0 Å². The predicted octanol–water partition coefficient (Wildman–Crippen LogP) is -9.00. The second-order valence-electron chi connectivity index (χ2n) is 20.4. The number of hydrogen-bond donors (Lipinski definition) is 19. The Morgan fingerprint density at radius 2 is 1.11 bits per heavy atom. The lowest BCUT2D eigenvalue weighted by atomic mass is 9.88. The maximum absolute atomic E-state index is 13.6. The molecule has 5 saturated heterocycles. The molecule has 5 aliphatic heterocycles. The van der Waals surface area contributed by atoms with Gasteiger partial charge in [-0.25, -0.2) is 4.79 Å². The van der Waals surface area contributed by atoms with Crippen LogP contribution in [0.3, 0.4) is 0 Å². The summed E-state index contributed by atoms with van der Waals surface area (Å²) in [5.74, 6) is -7.84. The van der Waals surface area contributed by atoms with Crippen molar-refractivity contribution in [2.24, 2.45) is 0 Å². The number of rotatable bonds is 28. The summed E-state index contributed by atoms with van der Waals surface area (Å²) in [6.45, 7) is 0.221. The molecular formula is C48H81N3O29. The second-order valence-corrected chi connectivity index (χ2v) is 20.4. The minimum absolute atomic E-state index is 0.00710. The molecule has 0 radical (unpaired) electrons. The first-order valence-corrected chi connectivity index (χ1v) is 26.4. The van der Waals surface area contributed by atoms with Gasteiger partial charge in [0.25, 0.3) is 5.79 Å². The van der Waals surface area contributed by atoms with Crippen LogP contribution in [0.5, 0.6) is 0 Å². The molecule has 5 rings (SSSR count). The van der Waals surface area contributed by atoms with Crippen LogP contribution in [0.2, 0.25) is 0 Å². The fourth-order valence-corrected chi connectivity index (χ4v) is 10.2. The SMILES string of the molecule is C=CCCCCCCCCC(=O)N[C@@H]1O[C@H](CO)[C@@H](O[C@@H]2O[C@H](CO)[C@H](O[C@@H]3O[C@H](CO)[C@H](O)[C@H](O[C@@H]4O[C@H](CO)[C@H](O)[C@H](O)[C@H]4O)[C@H]3NC(C)=O)[C@H](O[C@]3(C(=O)O)C[C@H](O)[C@@H](NC(C)=O)[C@H]([C@H](O)[C@@H](O)CO)O3)[C@H]2O)[C@H](O)[C@H]1O. The molecule has 0 aromatic carbocycles. The summed E-state index contributed by atoms with van der Waals surface area (Å²) in [5.41, 5.74) is 0. The van der Waals surface area contributed by atoms with E-state index in [1.165, 1.54) is 0 Å². The molecule has 0 aliphatic carbocycles. The average molecular weight is 1160 g/mol. The topological polar surface area (TPSA) is 511 Å². The summed E-state index contributed by atoms with van der Waals surface area (Å²) in [6, 6.07) is -3.62. The highest BCUT2D eigenvalue weighted by Gasteiger charge is 2.62. The Balaban J connectivity index is 1.52. The molecule has 5 fully saturated rings. The van der Waals surface area contributed by atoms with Gasteiger partial charge in [0.05, 0.1) is 45.2 Å². The third kappa shape index (κ3) is 16.3. The fraction of sp³-hybridized carbons (Fsp3) is 0.875. The van der Waals surface area contributed by atoms with Crippen LogP contribution in [0, 0.1) is 0 Å². The van der Waals surface area contributed by atoms with Crippen molar-refractivity contribution in [3.05, 3.63) is 12.7 Å². The zero-order valence-corrected chi connectivity index (χ0v) is 44.1. The van der Waals surface area contributed by atoms with Gasteiger partial charge in [-0.05, 0) is 19.3 Å². The molecule has 32 heteroatoms. The third-order valence-corrected chi connectivity index (χ3v) is 14.5. The first-order valence-electron chi connectivity index (χ1n) is 26.4. The van der Waals surface area contributed by atoms with Crippen LogP contribution in [0.25, 0.3) is 0 Å². The number of amides is 3. The lowest BCUT2D eigenvalue weighted by Gasteiger charge is -2.52. The molecule has 0 aromatic rings. The number of unbranched alkanes of at least 4 members (excludes halogenated alkanes) is 6. The van der Waals surface area contributed by atoms with Gasteiger partial charge in [0, 0.05) is 26.7 Å². The summed E-state index contributed by atoms with van der Waals surface area (Å²) >= 11 is 0. The highest BCUT2D eigenvalue weighted by atomic mass is 16.8. The van der Waals surface area contributed by atoms with E-state index in [-0.39, 0.29) is 6.42 Å². The van der Waals surface area contributed by atoms with E-state index in [2.05, 4.69) is 22.5 Å². The second kappa shape index (κ2) is 31.0. The first kappa shape index (κ1) is 67.5. The number of carboxylic acid groups (broad SMARTS) is 1. The van der Waals surface area contributed by atoms with Gasteiger partial charge in [-0.1, -0.05) is 31.8 Å². The molecule has 3 amide bonds. The zero-order chi connectivity index (χ0) is 59.3. The Labute approximate surface area is 458 Å². The quantitative estimate of drug-likeness (QED) is 0.0255. The number of carbonyl (C=O) groups is 4. The van der Waals surface area contributed by atoms with Crippen LogP contribution >= 0.6 is 0 Å². The van der Waals surface area contributed by atoms with E-state index < -0.39 is 222 Å². The summed E-state index contributed by atoms with van der Waals surface area (Å²) in [7, 11) is 0. The van der Waals surface area contributed by atoms with Crippen molar-refractivity contribution in [3.8, 4) is 0 Å².